The van der Waals surface area contributed by atoms with Crippen molar-refractivity contribution in [2.45, 2.75) is 0 Å². The molecule has 0 radical (unpaired) electrons. The lowest BCUT2D eigenvalue weighted by molar-refractivity contribution is 1.03. The summed E-state index contributed by atoms with van der Waals surface area (Å²) in [5.41, 5.74) is 3.76. The summed E-state index contributed by atoms with van der Waals surface area (Å²) in [5, 5.41) is 0. The number of fused-ring (bicyclic) bond motifs is 1. The highest BCUT2D eigenvalue weighted by molar-refractivity contribution is 5.74. The van der Waals surface area contributed by atoms with Crippen molar-refractivity contribution in [3.63, 3.8) is 0 Å². The van der Waals surface area contributed by atoms with Crippen LogP contribution in [0.15, 0.2) is 54.6 Å². The molecule has 2 aliphatic rings. The highest BCUT2D eigenvalue weighted by Crippen LogP contribution is 2.35. The van der Waals surface area contributed by atoms with E-state index < -0.39 is 0 Å². The van der Waals surface area contributed by atoms with Crippen LogP contribution in [0, 0.1) is 5.92 Å². The number of aromatic nitrogens is 2. The minimum absolute atomic E-state index is 0.417. The number of nitrogens with one attached hydrogen (secondary N) is 1. The van der Waals surface area contributed by atoms with Gasteiger partial charge in [0.2, 0.25) is 0 Å². The van der Waals surface area contributed by atoms with Crippen molar-refractivity contribution in [2.24, 2.45) is 5.92 Å². The molecular weight excluding hydrogens is 172 g/mol. The van der Waals surface area contributed by atoms with Crippen LogP contribution in [0.5, 0.6) is 0 Å². The summed E-state index contributed by atoms with van der Waals surface area (Å²) in [6.07, 6.45) is 16.5. The lowest BCUT2D eigenvalue weighted by Crippen LogP contribution is -2.03. The van der Waals surface area contributed by atoms with Crippen LogP contribution in [-0.4, -0.2) is 9.97 Å². The summed E-state index contributed by atoms with van der Waals surface area (Å²) in [6.45, 7) is 0. The topological polar surface area (TPSA) is 28.7 Å². The van der Waals surface area contributed by atoms with Crippen molar-refractivity contribution in [1.29, 1.82) is 0 Å². The SMILES string of the molecule is C1=CC2=CC=CC2C(c2cnc[nH]2)=C1. The summed E-state index contributed by atoms with van der Waals surface area (Å²) in [5.74, 6) is 0.417. The Bertz CT molecular complexity index is 459. The van der Waals surface area contributed by atoms with Crippen molar-refractivity contribution in [3.05, 3.63) is 60.2 Å². The Morgan fingerprint density at radius 2 is 2.21 bits per heavy atom. The molecule has 1 aromatic rings. The standard InChI is InChI=1S/C12H10N2/c1-3-9-4-2-6-11(10(9)5-1)12-7-13-8-14-12/h1-8,10H,(H,13,14). The second-order valence-corrected chi connectivity index (χ2v) is 3.48. The molecule has 1 N–H and O–H groups in total. The van der Waals surface area contributed by atoms with E-state index in [9.17, 15) is 0 Å². The van der Waals surface area contributed by atoms with E-state index in [0.29, 0.717) is 5.92 Å². The molecule has 0 saturated heterocycles. The van der Waals surface area contributed by atoms with Crippen LogP contribution in [0.2, 0.25) is 0 Å². The third-order valence-corrected chi connectivity index (χ3v) is 2.66. The fraction of sp³-hybridized carbons (Fsp3) is 0.0833. The molecule has 0 aromatic carbocycles. The predicted molar refractivity (Wildman–Crippen MR) is 56.4 cm³/mol. The molecule has 0 amide bonds. The van der Waals surface area contributed by atoms with Crippen molar-refractivity contribution in [3.8, 4) is 0 Å². The molecule has 3 rings (SSSR count). The Hall–Kier alpha value is -1.83. The summed E-state index contributed by atoms with van der Waals surface area (Å²) in [4.78, 5) is 7.19. The zero-order valence-electron chi connectivity index (χ0n) is 7.64. The average molecular weight is 182 g/mol. The van der Waals surface area contributed by atoms with Gasteiger partial charge in [-0.1, -0.05) is 36.5 Å². The third-order valence-electron chi connectivity index (χ3n) is 2.66. The fourth-order valence-electron chi connectivity index (χ4n) is 1.97. The second-order valence-electron chi connectivity index (χ2n) is 3.48. The van der Waals surface area contributed by atoms with Gasteiger partial charge in [0.15, 0.2) is 0 Å². The largest absolute Gasteiger partial charge is 0.345 e. The van der Waals surface area contributed by atoms with Gasteiger partial charge in [-0.25, -0.2) is 4.98 Å². The third kappa shape index (κ3) is 1.01. The van der Waals surface area contributed by atoms with Gasteiger partial charge in [-0.3, -0.25) is 0 Å². The van der Waals surface area contributed by atoms with Crippen molar-refractivity contribution < 1.29 is 0 Å². The van der Waals surface area contributed by atoms with E-state index >= 15 is 0 Å². The number of rotatable bonds is 1. The molecule has 0 spiro atoms. The minimum atomic E-state index is 0.417. The molecule has 1 heterocycles. The average Bonchev–Trinajstić information content (AvgIpc) is 2.88. The highest BCUT2D eigenvalue weighted by atomic mass is 14.9. The smallest absolute Gasteiger partial charge is 0.0924 e. The molecule has 14 heavy (non-hydrogen) atoms. The van der Waals surface area contributed by atoms with Crippen LogP contribution in [-0.2, 0) is 0 Å². The molecule has 0 bridgehead atoms. The number of aromatic amines is 1. The lowest BCUT2D eigenvalue weighted by Gasteiger charge is -2.17. The first-order valence-electron chi connectivity index (χ1n) is 4.70. The van der Waals surface area contributed by atoms with Crippen LogP contribution in [0.25, 0.3) is 5.57 Å². The van der Waals surface area contributed by atoms with Gasteiger partial charge in [0.25, 0.3) is 0 Å². The first-order chi connectivity index (χ1) is 6.95. The molecule has 2 aliphatic carbocycles. The monoisotopic (exact) mass is 182 g/mol. The molecule has 0 saturated carbocycles. The van der Waals surface area contributed by atoms with E-state index in [1.54, 1.807) is 6.33 Å². The molecule has 2 heteroatoms. The van der Waals surface area contributed by atoms with Crippen LogP contribution in [0.3, 0.4) is 0 Å². The Kier molecular flexibility index (Phi) is 1.53. The fourth-order valence-corrected chi connectivity index (χ4v) is 1.97. The maximum absolute atomic E-state index is 4.05. The van der Waals surface area contributed by atoms with Crippen molar-refractivity contribution >= 4 is 5.57 Å². The summed E-state index contributed by atoms with van der Waals surface area (Å²) < 4.78 is 0. The number of nitrogens with zero attached hydrogens (tertiary/aromatic N) is 1. The van der Waals surface area contributed by atoms with E-state index in [2.05, 4.69) is 46.4 Å². The number of H-pyrrole nitrogens is 1. The first-order valence-corrected chi connectivity index (χ1v) is 4.70. The van der Waals surface area contributed by atoms with Gasteiger partial charge in [-0.05, 0) is 11.1 Å². The number of hydrogen-bond donors (Lipinski definition) is 1. The quantitative estimate of drug-likeness (QED) is 0.710. The zero-order valence-corrected chi connectivity index (χ0v) is 7.64. The van der Waals surface area contributed by atoms with Crippen LogP contribution < -0.4 is 0 Å². The van der Waals surface area contributed by atoms with E-state index in [1.807, 2.05) is 6.20 Å². The van der Waals surface area contributed by atoms with Crippen LogP contribution in [0.1, 0.15) is 5.69 Å². The molecule has 1 atom stereocenters. The summed E-state index contributed by atoms with van der Waals surface area (Å²) in [7, 11) is 0. The molecular formula is C12H10N2. The molecule has 2 nitrogen and oxygen atoms in total. The Balaban J connectivity index is 2.08. The Morgan fingerprint density at radius 3 is 3.07 bits per heavy atom. The van der Waals surface area contributed by atoms with E-state index in [-0.39, 0.29) is 0 Å². The summed E-state index contributed by atoms with van der Waals surface area (Å²) >= 11 is 0. The van der Waals surface area contributed by atoms with Gasteiger partial charge in [-0.2, -0.15) is 0 Å². The Labute approximate surface area is 82.4 Å². The van der Waals surface area contributed by atoms with Crippen LogP contribution >= 0.6 is 0 Å². The summed E-state index contributed by atoms with van der Waals surface area (Å²) in [6, 6.07) is 0. The van der Waals surface area contributed by atoms with Gasteiger partial charge in [0.1, 0.15) is 0 Å². The molecule has 68 valence electrons. The number of hydrogen-bond acceptors (Lipinski definition) is 1. The maximum Gasteiger partial charge on any atom is 0.0924 e. The molecule has 0 aliphatic heterocycles. The highest BCUT2D eigenvalue weighted by Gasteiger charge is 2.21. The van der Waals surface area contributed by atoms with Crippen molar-refractivity contribution in [1.82, 2.24) is 9.97 Å². The predicted octanol–water partition coefficient (Wildman–Crippen LogP) is 2.48. The zero-order chi connectivity index (χ0) is 9.38. The number of imidazole rings is 1. The minimum Gasteiger partial charge on any atom is -0.345 e. The normalized spacial score (nSPS) is 23.3. The Morgan fingerprint density at radius 1 is 1.21 bits per heavy atom. The van der Waals surface area contributed by atoms with Crippen LogP contribution in [0.4, 0.5) is 0 Å². The van der Waals surface area contributed by atoms with Gasteiger partial charge < -0.3 is 4.98 Å². The van der Waals surface area contributed by atoms with E-state index in [1.165, 1.54) is 11.1 Å². The van der Waals surface area contributed by atoms with E-state index in [0.717, 1.165) is 5.69 Å². The van der Waals surface area contributed by atoms with Gasteiger partial charge >= 0.3 is 0 Å². The second kappa shape index (κ2) is 2.84. The van der Waals surface area contributed by atoms with E-state index in [4.69, 9.17) is 0 Å². The van der Waals surface area contributed by atoms with Gasteiger partial charge in [0.05, 0.1) is 18.2 Å². The van der Waals surface area contributed by atoms with Gasteiger partial charge in [-0.15, -0.1) is 0 Å². The molecule has 1 unspecified atom stereocenters. The molecule has 0 fully saturated rings. The lowest BCUT2D eigenvalue weighted by atomic mass is 9.88. The van der Waals surface area contributed by atoms with Gasteiger partial charge in [0, 0.05) is 5.92 Å². The number of allylic oxidation sites excluding steroid dienone is 8. The molecule has 1 aromatic heterocycles. The first kappa shape index (κ1) is 7.56. The van der Waals surface area contributed by atoms with Crippen molar-refractivity contribution in [2.75, 3.05) is 0 Å². The maximum atomic E-state index is 4.05.